The number of benzene rings is 3. The lowest BCUT2D eigenvalue weighted by molar-refractivity contribution is 0.159. The van der Waals surface area contributed by atoms with E-state index in [1.807, 2.05) is 6.07 Å². The van der Waals surface area contributed by atoms with Gasteiger partial charge < -0.3 is 23.1 Å². The van der Waals surface area contributed by atoms with Crippen molar-refractivity contribution in [3.05, 3.63) is 70.8 Å². The normalized spacial score (nSPS) is 18.3. The molecule has 3 aromatic rings. The van der Waals surface area contributed by atoms with E-state index >= 15 is 0 Å². The molecule has 1 atom stereocenters. The van der Waals surface area contributed by atoms with Crippen LogP contribution < -0.4 is 23.1 Å². The number of methoxy groups -OCH3 is 2. The third-order valence-electron chi connectivity index (χ3n) is 6.96. The molecule has 0 saturated carbocycles. The lowest BCUT2D eigenvalue weighted by Crippen LogP contribution is -2.39. The minimum atomic E-state index is -4.07. The fraction of sp³-hybridized carbons (Fsp3) is 0.308. The summed E-state index contributed by atoms with van der Waals surface area (Å²) in [5, 5.41) is 0. The fourth-order valence-electron chi connectivity index (χ4n) is 5.15. The fourth-order valence-corrected chi connectivity index (χ4v) is 6.11. The highest BCUT2D eigenvalue weighted by molar-refractivity contribution is 7.87. The van der Waals surface area contributed by atoms with Gasteiger partial charge in [-0.2, -0.15) is 8.42 Å². The van der Waals surface area contributed by atoms with Gasteiger partial charge in [0, 0.05) is 24.7 Å². The Morgan fingerprint density at radius 2 is 1.71 bits per heavy atom. The van der Waals surface area contributed by atoms with Crippen molar-refractivity contribution >= 4 is 10.1 Å². The average molecular weight is 496 g/mol. The second-order valence-corrected chi connectivity index (χ2v) is 10.3. The van der Waals surface area contributed by atoms with Gasteiger partial charge in [0.05, 0.1) is 14.2 Å². The third-order valence-corrected chi connectivity index (χ3v) is 8.20. The number of fused-ring (bicyclic) bond motifs is 5. The highest BCUT2D eigenvalue weighted by Crippen LogP contribution is 2.47. The van der Waals surface area contributed by atoms with E-state index < -0.39 is 10.1 Å². The molecule has 0 N–H and O–H groups in total. The lowest BCUT2D eigenvalue weighted by Gasteiger charge is -2.42. The Hall–Kier alpha value is -3.43. The minimum absolute atomic E-state index is 0.0506. The van der Waals surface area contributed by atoms with Crippen molar-refractivity contribution in [2.75, 3.05) is 27.6 Å². The quantitative estimate of drug-likeness (QED) is 0.494. The van der Waals surface area contributed by atoms with Crippen molar-refractivity contribution in [2.45, 2.75) is 30.3 Å². The van der Waals surface area contributed by atoms with Crippen molar-refractivity contribution in [1.82, 2.24) is 4.90 Å². The molecule has 1 unspecified atom stereocenters. The molecule has 3 aliphatic heterocycles. The van der Waals surface area contributed by atoms with E-state index in [0.29, 0.717) is 18.0 Å². The van der Waals surface area contributed by atoms with E-state index in [2.05, 4.69) is 17.0 Å². The van der Waals surface area contributed by atoms with Crippen molar-refractivity contribution < 1.29 is 31.5 Å². The maximum Gasteiger partial charge on any atom is 0.339 e. The highest BCUT2D eigenvalue weighted by atomic mass is 32.2. The number of rotatable bonds is 5. The Labute approximate surface area is 204 Å². The molecule has 6 rings (SSSR count). The first kappa shape index (κ1) is 22.1. The van der Waals surface area contributed by atoms with E-state index in [1.165, 1.54) is 37.5 Å². The Bertz CT molecular complexity index is 1400. The van der Waals surface area contributed by atoms with Crippen LogP contribution in [0.3, 0.4) is 0 Å². The van der Waals surface area contributed by atoms with Crippen LogP contribution >= 0.6 is 0 Å². The Morgan fingerprint density at radius 1 is 0.943 bits per heavy atom. The van der Waals surface area contributed by atoms with Gasteiger partial charge in [0.1, 0.15) is 10.6 Å². The average Bonchev–Trinajstić information content (AvgIpc) is 3.34. The molecular formula is C26H25NO7S. The largest absolute Gasteiger partial charge is 0.497 e. The number of hydrogen-bond acceptors (Lipinski definition) is 8. The molecule has 0 aromatic heterocycles. The summed E-state index contributed by atoms with van der Waals surface area (Å²) in [6.07, 6.45) is 1.60. The maximum atomic E-state index is 13.2. The number of ether oxygens (including phenoxy) is 4. The molecule has 0 saturated heterocycles. The van der Waals surface area contributed by atoms with Crippen LogP contribution in [0.5, 0.6) is 28.7 Å². The second-order valence-electron chi connectivity index (χ2n) is 8.79. The molecule has 35 heavy (non-hydrogen) atoms. The topological polar surface area (TPSA) is 83.5 Å². The van der Waals surface area contributed by atoms with Crippen LogP contribution in [0.2, 0.25) is 0 Å². The van der Waals surface area contributed by atoms with E-state index in [1.54, 1.807) is 18.2 Å². The molecule has 3 aliphatic rings. The number of nitrogens with zero attached hydrogens (tertiary/aromatic N) is 1. The Balaban J connectivity index is 1.36. The van der Waals surface area contributed by atoms with Gasteiger partial charge in [0.2, 0.25) is 6.79 Å². The summed E-state index contributed by atoms with van der Waals surface area (Å²) in [5.41, 5.74) is 4.38. The number of hydrogen-bond donors (Lipinski definition) is 0. The van der Waals surface area contributed by atoms with Gasteiger partial charge in [-0.25, -0.2) is 0 Å². The summed E-state index contributed by atoms with van der Waals surface area (Å²) in [7, 11) is -1.03. The molecule has 3 heterocycles. The highest BCUT2D eigenvalue weighted by Gasteiger charge is 2.36. The zero-order valence-corrected chi connectivity index (χ0v) is 20.3. The molecule has 0 bridgehead atoms. The van der Waals surface area contributed by atoms with Crippen LogP contribution in [0.1, 0.15) is 28.3 Å². The molecule has 0 fully saturated rings. The van der Waals surface area contributed by atoms with Crippen LogP contribution in [-0.2, 0) is 29.5 Å². The summed E-state index contributed by atoms with van der Waals surface area (Å²) in [6, 6.07) is 14.2. The molecule has 3 aromatic carbocycles. The van der Waals surface area contributed by atoms with Gasteiger partial charge >= 0.3 is 10.1 Å². The van der Waals surface area contributed by atoms with Gasteiger partial charge in [-0.15, -0.1) is 0 Å². The monoisotopic (exact) mass is 495 g/mol. The molecule has 182 valence electrons. The lowest BCUT2D eigenvalue weighted by atomic mass is 9.83. The zero-order chi connectivity index (χ0) is 24.2. The van der Waals surface area contributed by atoms with Crippen LogP contribution in [-0.4, -0.2) is 40.9 Å². The molecule has 0 radical (unpaired) electrons. The molecular weight excluding hydrogens is 470 g/mol. The third kappa shape index (κ3) is 3.75. The van der Waals surface area contributed by atoms with Gasteiger partial charge in [-0.05, 0) is 72.0 Å². The molecule has 0 aliphatic carbocycles. The van der Waals surface area contributed by atoms with Crippen molar-refractivity contribution in [2.24, 2.45) is 0 Å². The molecule has 0 spiro atoms. The predicted molar refractivity (Wildman–Crippen MR) is 127 cm³/mol. The maximum absolute atomic E-state index is 13.2. The summed E-state index contributed by atoms with van der Waals surface area (Å²) < 4.78 is 53.9. The van der Waals surface area contributed by atoms with Crippen molar-refractivity contribution in [3.63, 3.8) is 0 Å². The first-order chi connectivity index (χ1) is 17.0. The smallest absolute Gasteiger partial charge is 0.339 e. The summed E-state index contributed by atoms with van der Waals surface area (Å²) >= 11 is 0. The predicted octanol–water partition coefficient (Wildman–Crippen LogP) is 3.86. The second kappa shape index (κ2) is 8.35. The van der Waals surface area contributed by atoms with Gasteiger partial charge in [0.15, 0.2) is 23.0 Å². The summed E-state index contributed by atoms with van der Waals surface area (Å²) in [6.45, 7) is 1.65. The van der Waals surface area contributed by atoms with Gasteiger partial charge in [-0.1, -0.05) is 6.07 Å². The van der Waals surface area contributed by atoms with Crippen molar-refractivity contribution in [1.29, 1.82) is 0 Å². The Kier molecular flexibility index (Phi) is 5.26. The van der Waals surface area contributed by atoms with Crippen LogP contribution in [0, 0.1) is 0 Å². The first-order valence-corrected chi connectivity index (χ1v) is 12.8. The molecule has 9 heteroatoms. The van der Waals surface area contributed by atoms with E-state index in [4.69, 9.17) is 23.1 Å². The van der Waals surface area contributed by atoms with Crippen LogP contribution in [0.25, 0.3) is 0 Å². The SMILES string of the molecule is COc1ccc(S(=O)(=O)Oc2c(OC)ccc3c2CN2CCc4cc5c(cc4C2C3)OCO5)cc1. The van der Waals surface area contributed by atoms with E-state index in [0.717, 1.165) is 42.0 Å². The Morgan fingerprint density at radius 3 is 2.46 bits per heavy atom. The zero-order valence-electron chi connectivity index (χ0n) is 19.4. The van der Waals surface area contributed by atoms with Gasteiger partial charge in [-0.3, -0.25) is 4.90 Å². The van der Waals surface area contributed by atoms with Crippen molar-refractivity contribution in [3.8, 4) is 28.7 Å². The van der Waals surface area contributed by atoms with E-state index in [9.17, 15) is 8.42 Å². The standard InChI is InChI=1S/C26H25NO7S/c1-30-18-4-6-19(7-5-18)35(28,29)34-26-21-14-27-10-9-17-12-24-25(33-15-32-24)13-20(17)22(27)11-16(21)3-8-23(26)31-2/h3-8,12-13,22H,9-11,14-15H2,1-2H3. The van der Waals surface area contributed by atoms with Crippen LogP contribution in [0.4, 0.5) is 0 Å². The summed E-state index contributed by atoms with van der Waals surface area (Å²) in [4.78, 5) is 2.41. The molecule has 8 nitrogen and oxygen atoms in total. The first-order valence-electron chi connectivity index (χ1n) is 11.4. The van der Waals surface area contributed by atoms with Gasteiger partial charge in [0.25, 0.3) is 0 Å². The minimum Gasteiger partial charge on any atom is -0.497 e. The van der Waals surface area contributed by atoms with E-state index in [-0.39, 0.29) is 23.5 Å². The summed E-state index contributed by atoms with van der Waals surface area (Å²) in [5.74, 6) is 2.78. The van der Waals surface area contributed by atoms with Crippen LogP contribution in [0.15, 0.2) is 53.4 Å². The molecule has 0 amide bonds.